The SMILES string of the molecule is CC(C)(CCl)C(=O)NN(C(=O)O)c1cc(C2=NOC(c3cc(Cl)cc(Cl)c3)(C(F)(F)F)C2)ccc1Cl. The van der Waals surface area contributed by atoms with Crippen molar-refractivity contribution in [2.24, 2.45) is 10.6 Å². The standard InChI is InChI=1S/C22H18Cl4F3N3O4/c1-20(2,10-23)18(33)30-32(19(34)35)17-5-11(3-4-15(17)26)16-9-21(36-31-16,22(27,28)29)12-6-13(24)8-14(25)7-12/h3-8H,9-10H2,1-2H3,(H,30,33)(H,34,35). The van der Waals surface area contributed by atoms with Gasteiger partial charge in [-0.25, -0.2) is 4.79 Å². The second-order valence-corrected chi connectivity index (χ2v) is 10.1. The summed E-state index contributed by atoms with van der Waals surface area (Å²) < 4.78 is 42.8. The van der Waals surface area contributed by atoms with Crippen LogP contribution in [0.25, 0.3) is 0 Å². The summed E-state index contributed by atoms with van der Waals surface area (Å²) in [7, 11) is 0. The number of carbonyl (C=O) groups excluding carboxylic acids is 1. The zero-order valence-corrected chi connectivity index (χ0v) is 21.6. The molecule has 0 radical (unpaired) electrons. The van der Waals surface area contributed by atoms with E-state index in [-0.39, 0.29) is 43.5 Å². The Labute approximate surface area is 223 Å². The van der Waals surface area contributed by atoms with E-state index in [0.29, 0.717) is 5.01 Å². The second kappa shape index (κ2) is 10.2. The maximum Gasteiger partial charge on any atom is 0.435 e. The molecule has 7 nitrogen and oxygen atoms in total. The Morgan fingerprint density at radius 1 is 1.14 bits per heavy atom. The molecule has 0 aliphatic carbocycles. The molecule has 0 aromatic heterocycles. The average Bonchev–Trinajstić information content (AvgIpc) is 3.24. The zero-order chi connectivity index (χ0) is 27.1. The Hall–Kier alpha value is -2.40. The summed E-state index contributed by atoms with van der Waals surface area (Å²) >= 11 is 23.8. The van der Waals surface area contributed by atoms with Gasteiger partial charge in [0.1, 0.15) is 0 Å². The predicted molar refractivity (Wildman–Crippen MR) is 131 cm³/mol. The number of oxime groups is 1. The molecule has 0 bridgehead atoms. The molecular weight excluding hydrogens is 569 g/mol. The number of amides is 2. The van der Waals surface area contributed by atoms with Crippen LogP contribution in [0.5, 0.6) is 0 Å². The minimum atomic E-state index is -4.92. The molecule has 2 aromatic carbocycles. The Morgan fingerprint density at radius 3 is 2.28 bits per heavy atom. The second-order valence-electron chi connectivity index (χ2n) is 8.53. The maximum atomic E-state index is 14.3. The number of rotatable bonds is 5. The smallest absolute Gasteiger partial charge is 0.435 e. The van der Waals surface area contributed by atoms with Crippen LogP contribution in [0, 0.1) is 5.41 Å². The summed E-state index contributed by atoms with van der Waals surface area (Å²) in [6.07, 6.45) is -7.29. The van der Waals surface area contributed by atoms with E-state index in [1.54, 1.807) is 0 Å². The van der Waals surface area contributed by atoms with Crippen molar-refractivity contribution < 1.29 is 32.7 Å². The van der Waals surface area contributed by atoms with E-state index < -0.39 is 35.6 Å². The third-order valence-electron chi connectivity index (χ3n) is 5.39. The highest BCUT2D eigenvalue weighted by Gasteiger charge is 2.62. The van der Waals surface area contributed by atoms with Crippen molar-refractivity contribution in [3.8, 4) is 0 Å². The van der Waals surface area contributed by atoms with Gasteiger partial charge in [-0.2, -0.15) is 18.2 Å². The molecule has 36 heavy (non-hydrogen) atoms. The monoisotopic (exact) mass is 585 g/mol. The molecule has 1 heterocycles. The van der Waals surface area contributed by atoms with Crippen LogP contribution < -0.4 is 10.4 Å². The zero-order valence-electron chi connectivity index (χ0n) is 18.6. The Morgan fingerprint density at radius 2 is 1.75 bits per heavy atom. The predicted octanol–water partition coefficient (Wildman–Crippen LogP) is 7.01. The number of carbonyl (C=O) groups is 2. The van der Waals surface area contributed by atoms with Crippen molar-refractivity contribution in [3.63, 3.8) is 0 Å². The summed E-state index contributed by atoms with van der Waals surface area (Å²) in [5.74, 6) is -0.835. The van der Waals surface area contributed by atoms with Gasteiger partial charge in [-0.05, 0) is 44.2 Å². The molecule has 0 saturated carbocycles. The Kier molecular flexibility index (Phi) is 7.95. The van der Waals surface area contributed by atoms with E-state index in [9.17, 15) is 27.9 Å². The first kappa shape index (κ1) is 28.2. The van der Waals surface area contributed by atoms with Gasteiger partial charge in [-0.1, -0.05) is 46.0 Å². The van der Waals surface area contributed by atoms with E-state index in [4.69, 9.17) is 51.2 Å². The molecule has 0 fully saturated rings. The fourth-order valence-corrected chi connectivity index (χ4v) is 4.08. The first-order valence-electron chi connectivity index (χ1n) is 10.1. The third kappa shape index (κ3) is 5.46. The topological polar surface area (TPSA) is 91.2 Å². The van der Waals surface area contributed by atoms with Crippen molar-refractivity contribution in [2.45, 2.75) is 32.0 Å². The van der Waals surface area contributed by atoms with Crippen molar-refractivity contribution in [2.75, 3.05) is 10.9 Å². The van der Waals surface area contributed by atoms with Crippen LogP contribution in [0.1, 0.15) is 31.4 Å². The molecule has 194 valence electrons. The molecule has 0 saturated heterocycles. The summed E-state index contributed by atoms with van der Waals surface area (Å²) in [5, 5.41) is 13.6. The number of hydrogen-bond acceptors (Lipinski definition) is 4. The van der Waals surface area contributed by atoms with Gasteiger partial charge in [0.2, 0.25) is 5.91 Å². The molecule has 1 atom stereocenters. The van der Waals surface area contributed by atoms with Crippen molar-refractivity contribution in [1.29, 1.82) is 0 Å². The number of alkyl halides is 4. The van der Waals surface area contributed by atoms with Gasteiger partial charge in [0.25, 0.3) is 5.60 Å². The van der Waals surface area contributed by atoms with E-state index in [0.717, 1.165) is 12.1 Å². The fourth-order valence-electron chi connectivity index (χ4n) is 3.23. The van der Waals surface area contributed by atoms with E-state index >= 15 is 0 Å². The molecule has 3 rings (SSSR count). The van der Waals surface area contributed by atoms with Gasteiger partial charge in [0.05, 0.1) is 21.8 Å². The summed E-state index contributed by atoms with van der Waals surface area (Å²) in [6.45, 7) is 2.99. The summed E-state index contributed by atoms with van der Waals surface area (Å²) in [6, 6.07) is 7.20. The number of carboxylic acid groups (broad SMARTS) is 1. The van der Waals surface area contributed by atoms with Gasteiger partial charge < -0.3 is 9.94 Å². The number of hydrogen-bond donors (Lipinski definition) is 2. The van der Waals surface area contributed by atoms with Gasteiger partial charge in [0.15, 0.2) is 0 Å². The third-order valence-corrected chi connectivity index (χ3v) is 6.81. The largest absolute Gasteiger partial charge is 0.463 e. The number of nitrogens with zero attached hydrogens (tertiary/aromatic N) is 2. The molecule has 2 N–H and O–H groups in total. The minimum absolute atomic E-state index is 0.0281. The van der Waals surface area contributed by atoms with Gasteiger partial charge in [-0.15, -0.1) is 11.6 Å². The van der Waals surface area contributed by atoms with Crippen molar-refractivity contribution >= 4 is 69.8 Å². The normalized spacial score (nSPS) is 17.9. The molecular formula is C22H18Cl4F3N3O4. The van der Waals surface area contributed by atoms with Crippen LogP contribution in [-0.4, -0.2) is 34.9 Å². The lowest BCUT2D eigenvalue weighted by Gasteiger charge is -2.29. The lowest BCUT2D eigenvalue weighted by Crippen LogP contribution is -2.51. The van der Waals surface area contributed by atoms with Crippen molar-refractivity contribution in [3.05, 3.63) is 62.6 Å². The van der Waals surface area contributed by atoms with Crippen molar-refractivity contribution in [1.82, 2.24) is 5.43 Å². The minimum Gasteiger partial charge on any atom is -0.463 e. The van der Waals surface area contributed by atoms with Gasteiger partial charge in [0, 0.05) is 33.5 Å². The molecule has 2 amide bonds. The highest BCUT2D eigenvalue weighted by molar-refractivity contribution is 6.35. The molecule has 1 aliphatic rings. The Balaban J connectivity index is 2.01. The highest BCUT2D eigenvalue weighted by atomic mass is 35.5. The van der Waals surface area contributed by atoms with Crippen LogP contribution in [-0.2, 0) is 15.2 Å². The van der Waals surface area contributed by atoms with E-state index in [1.165, 1.54) is 38.1 Å². The maximum absolute atomic E-state index is 14.3. The average molecular weight is 587 g/mol. The lowest BCUT2D eigenvalue weighted by atomic mass is 9.86. The summed E-state index contributed by atoms with van der Waals surface area (Å²) in [4.78, 5) is 29.4. The van der Waals surface area contributed by atoms with Crippen LogP contribution in [0.15, 0.2) is 41.6 Å². The summed E-state index contributed by atoms with van der Waals surface area (Å²) in [5.41, 5.74) is -2.47. The number of benzene rings is 2. The number of hydrazine groups is 1. The van der Waals surface area contributed by atoms with Crippen LogP contribution >= 0.6 is 46.4 Å². The number of nitrogens with one attached hydrogen (secondary N) is 1. The number of anilines is 1. The van der Waals surface area contributed by atoms with E-state index in [1.807, 2.05) is 0 Å². The highest BCUT2D eigenvalue weighted by Crippen LogP contribution is 2.50. The molecule has 1 unspecified atom stereocenters. The first-order chi connectivity index (χ1) is 16.6. The van der Waals surface area contributed by atoms with Crippen LogP contribution in [0.4, 0.5) is 23.7 Å². The van der Waals surface area contributed by atoms with Crippen LogP contribution in [0.3, 0.4) is 0 Å². The molecule has 14 heteroatoms. The first-order valence-corrected chi connectivity index (χ1v) is 11.8. The molecule has 0 spiro atoms. The number of halogens is 7. The van der Waals surface area contributed by atoms with Gasteiger partial charge >= 0.3 is 12.3 Å². The lowest BCUT2D eigenvalue weighted by molar-refractivity contribution is -0.275. The van der Waals surface area contributed by atoms with E-state index in [2.05, 4.69) is 10.6 Å². The van der Waals surface area contributed by atoms with Crippen LogP contribution in [0.2, 0.25) is 15.1 Å². The molecule has 1 aliphatic heterocycles. The van der Waals surface area contributed by atoms with Gasteiger partial charge in [-0.3, -0.25) is 10.2 Å². The quantitative estimate of drug-likeness (QED) is 0.291. The molecule has 2 aromatic rings. The fraction of sp³-hybridized carbons (Fsp3) is 0.318. The Bertz CT molecular complexity index is 1220.